The number of benzene rings is 1. The van der Waals surface area contributed by atoms with Gasteiger partial charge < -0.3 is 4.98 Å². The second-order valence-electron chi connectivity index (χ2n) is 3.94. The van der Waals surface area contributed by atoms with Crippen LogP contribution in [0.1, 0.15) is 5.69 Å². The fourth-order valence-corrected chi connectivity index (χ4v) is 1.98. The Balaban J connectivity index is 0.00000120. The number of fused-ring (bicyclic) bond motifs is 1. The van der Waals surface area contributed by atoms with Crippen LogP contribution in [-0.2, 0) is 0 Å². The quantitative estimate of drug-likeness (QED) is 0.731. The Kier molecular flexibility index (Phi) is 3.21. The van der Waals surface area contributed by atoms with Crippen LogP contribution in [-0.4, -0.2) is 14.5 Å². The molecule has 18 heavy (non-hydrogen) atoms. The van der Waals surface area contributed by atoms with E-state index in [-0.39, 0.29) is 18.1 Å². The molecule has 0 amide bonds. The molecule has 1 N–H and O–H groups in total. The Bertz CT molecular complexity index is 745. The van der Waals surface area contributed by atoms with Crippen LogP contribution in [0.5, 0.6) is 0 Å². The first kappa shape index (κ1) is 12.4. The van der Waals surface area contributed by atoms with E-state index in [1.807, 2.05) is 43.3 Å². The maximum absolute atomic E-state index is 11.9. The van der Waals surface area contributed by atoms with Gasteiger partial charge in [0, 0.05) is 11.9 Å². The molecule has 0 radical (unpaired) electrons. The number of nitrogens with zero attached hydrogens (tertiary/aromatic N) is 2. The molecule has 4 nitrogen and oxygen atoms in total. The maximum atomic E-state index is 11.9. The van der Waals surface area contributed by atoms with E-state index in [4.69, 9.17) is 0 Å². The fourth-order valence-electron chi connectivity index (χ4n) is 1.98. The van der Waals surface area contributed by atoms with Gasteiger partial charge in [-0.1, -0.05) is 12.1 Å². The second-order valence-corrected chi connectivity index (χ2v) is 3.94. The first-order valence-electron chi connectivity index (χ1n) is 5.38. The Morgan fingerprint density at radius 1 is 1.22 bits per heavy atom. The van der Waals surface area contributed by atoms with E-state index < -0.39 is 0 Å². The predicted molar refractivity (Wildman–Crippen MR) is 73.7 cm³/mol. The summed E-state index contributed by atoms with van der Waals surface area (Å²) in [4.78, 5) is 18.9. The molecular formula is C13H12ClN3O. The van der Waals surface area contributed by atoms with Crippen LogP contribution in [0.15, 0.2) is 47.4 Å². The standard InChI is InChI=1S/C13H11N3O.ClH/c1-9-8-10(6-7-14-9)16-12-5-3-2-4-11(12)15-13(16)17;/h2-8H,1H3,(H,15,17);1H. The summed E-state index contributed by atoms with van der Waals surface area (Å²) in [6.07, 6.45) is 1.71. The van der Waals surface area contributed by atoms with Crippen molar-refractivity contribution in [3.8, 4) is 5.69 Å². The van der Waals surface area contributed by atoms with Crippen molar-refractivity contribution in [3.63, 3.8) is 0 Å². The van der Waals surface area contributed by atoms with Crippen molar-refractivity contribution in [2.75, 3.05) is 0 Å². The number of para-hydroxylation sites is 2. The highest BCUT2D eigenvalue weighted by molar-refractivity contribution is 5.85. The Hall–Kier alpha value is -2.07. The van der Waals surface area contributed by atoms with Gasteiger partial charge in [-0.25, -0.2) is 4.79 Å². The number of aromatic nitrogens is 3. The molecule has 5 heteroatoms. The Morgan fingerprint density at radius 3 is 2.78 bits per heavy atom. The minimum Gasteiger partial charge on any atom is -0.305 e. The molecule has 0 aliphatic carbocycles. The van der Waals surface area contributed by atoms with Gasteiger partial charge in [-0.2, -0.15) is 0 Å². The summed E-state index contributed by atoms with van der Waals surface area (Å²) >= 11 is 0. The number of hydrogen-bond acceptors (Lipinski definition) is 2. The number of nitrogens with one attached hydrogen (secondary N) is 1. The van der Waals surface area contributed by atoms with E-state index in [9.17, 15) is 4.79 Å². The van der Waals surface area contributed by atoms with Crippen LogP contribution in [0.3, 0.4) is 0 Å². The predicted octanol–water partition coefficient (Wildman–Crippen LogP) is 2.44. The summed E-state index contributed by atoms with van der Waals surface area (Å²) in [6, 6.07) is 11.3. The van der Waals surface area contributed by atoms with Crippen LogP contribution in [0, 0.1) is 6.92 Å². The van der Waals surface area contributed by atoms with Gasteiger partial charge in [0.25, 0.3) is 0 Å². The number of aromatic amines is 1. The normalized spacial score (nSPS) is 10.3. The highest BCUT2D eigenvalue weighted by Crippen LogP contribution is 2.14. The minimum absolute atomic E-state index is 0. The van der Waals surface area contributed by atoms with Crippen molar-refractivity contribution in [3.05, 3.63) is 58.8 Å². The second kappa shape index (κ2) is 4.66. The van der Waals surface area contributed by atoms with Gasteiger partial charge in [-0.3, -0.25) is 9.55 Å². The molecule has 2 heterocycles. The van der Waals surface area contributed by atoms with Crippen molar-refractivity contribution in [2.24, 2.45) is 0 Å². The zero-order valence-corrected chi connectivity index (χ0v) is 10.6. The number of aryl methyl sites for hydroxylation is 1. The summed E-state index contributed by atoms with van der Waals surface area (Å²) in [6.45, 7) is 1.91. The third-order valence-electron chi connectivity index (χ3n) is 2.73. The van der Waals surface area contributed by atoms with Crippen molar-refractivity contribution in [1.29, 1.82) is 0 Å². The Morgan fingerprint density at radius 2 is 2.00 bits per heavy atom. The fraction of sp³-hybridized carbons (Fsp3) is 0.0769. The van der Waals surface area contributed by atoms with E-state index in [0.29, 0.717) is 0 Å². The van der Waals surface area contributed by atoms with Crippen LogP contribution in [0.2, 0.25) is 0 Å². The zero-order valence-electron chi connectivity index (χ0n) is 9.75. The molecular weight excluding hydrogens is 250 g/mol. The molecule has 2 aromatic heterocycles. The molecule has 0 aliphatic heterocycles. The molecule has 0 unspecified atom stereocenters. The summed E-state index contributed by atoms with van der Waals surface area (Å²) in [5.41, 5.74) is 3.31. The van der Waals surface area contributed by atoms with Gasteiger partial charge in [0.1, 0.15) is 0 Å². The first-order chi connectivity index (χ1) is 8.25. The number of H-pyrrole nitrogens is 1. The third-order valence-corrected chi connectivity index (χ3v) is 2.73. The van der Waals surface area contributed by atoms with Gasteiger partial charge in [0.15, 0.2) is 0 Å². The summed E-state index contributed by atoms with van der Waals surface area (Å²) in [7, 11) is 0. The third kappa shape index (κ3) is 1.91. The molecule has 0 spiro atoms. The number of hydrogen-bond donors (Lipinski definition) is 1. The maximum Gasteiger partial charge on any atom is 0.331 e. The smallest absolute Gasteiger partial charge is 0.305 e. The van der Waals surface area contributed by atoms with Crippen molar-refractivity contribution >= 4 is 23.4 Å². The first-order valence-corrected chi connectivity index (χ1v) is 5.38. The minimum atomic E-state index is -0.128. The molecule has 3 aromatic rings. The lowest BCUT2D eigenvalue weighted by atomic mass is 10.3. The lowest BCUT2D eigenvalue weighted by Crippen LogP contribution is -2.14. The lowest BCUT2D eigenvalue weighted by Gasteiger charge is -2.03. The average molecular weight is 262 g/mol. The van der Waals surface area contributed by atoms with Crippen LogP contribution in [0.25, 0.3) is 16.7 Å². The lowest BCUT2D eigenvalue weighted by molar-refractivity contribution is 1.00. The molecule has 0 saturated heterocycles. The van der Waals surface area contributed by atoms with Crippen LogP contribution >= 0.6 is 12.4 Å². The number of imidazole rings is 1. The van der Waals surface area contributed by atoms with Crippen LogP contribution < -0.4 is 5.69 Å². The van der Waals surface area contributed by atoms with Gasteiger partial charge in [-0.15, -0.1) is 12.4 Å². The van der Waals surface area contributed by atoms with E-state index in [1.54, 1.807) is 10.8 Å². The molecule has 3 rings (SSSR count). The van der Waals surface area contributed by atoms with E-state index in [2.05, 4.69) is 9.97 Å². The van der Waals surface area contributed by atoms with Crippen molar-refractivity contribution < 1.29 is 0 Å². The average Bonchev–Trinajstić information content (AvgIpc) is 2.64. The van der Waals surface area contributed by atoms with Gasteiger partial charge >= 0.3 is 5.69 Å². The number of halogens is 1. The zero-order chi connectivity index (χ0) is 11.8. The van der Waals surface area contributed by atoms with E-state index in [0.717, 1.165) is 22.4 Å². The monoisotopic (exact) mass is 261 g/mol. The van der Waals surface area contributed by atoms with E-state index >= 15 is 0 Å². The molecule has 0 aliphatic rings. The topological polar surface area (TPSA) is 50.7 Å². The van der Waals surface area contributed by atoms with Crippen molar-refractivity contribution in [2.45, 2.75) is 6.92 Å². The summed E-state index contributed by atoms with van der Waals surface area (Å²) < 4.78 is 1.66. The van der Waals surface area contributed by atoms with Gasteiger partial charge in [0.05, 0.1) is 16.7 Å². The molecule has 0 bridgehead atoms. The highest BCUT2D eigenvalue weighted by Gasteiger charge is 2.07. The number of pyridine rings is 1. The van der Waals surface area contributed by atoms with E-state index in [1.165, 1.54) is 0 Å². The van der Waals surface area contributed by atoms with Gasteiger partial charge in [-0.05, 0) is 31.2 Å². The molecule has 0 fully saturated rings. The molecule has 0 saturated carbocycles. The summed E-state index contributed by atoms with van der Waals surface area (Å²) in [5.74, 6) is 0. The number of rotatable bonds is 1. The molecule has 1 aromatic carbocycles. The molecule has 92 valence electrons. The molecule has 0 atom stereocenters. The largest absolute Gasteiger partial charge is 0.331 e. The van der Waals surface area contributed by atoms with Crippen LogP contribution in [0.4, 0.5) is 0 Å². The SMILES string of the molecule is Cc1cc(-n2c(=O)[nH]c3ccccc32)ccn1.Cl. The van der Waals surface area contributed by atoms with Crippen molar-refractivity contribution in [1.82, 2.24) is 14.5 Å². The summed E-state index contributed by atoms with van der Waals surface area (Å²) in [5, 5.41) is 0. The van der Waals surface area contributed by atoms with Gasteiger partial charge in [0.2, 0.25) is 0 Å². The highest BCUT2D eigenvalue weighted by atomic mass is 35.5. The Labute approximate surface area is 110 Å².